The molecule has 0 aliphatic carbocycles. The van der Waals surface area contributed by atoms with E-state index in [2.05, 4.69) is 11.3 Å². The summed E-state index contributed by atoms with van der Waals surface area (Å²) in [6.45, 7) is 4.87. The van der Waals surface area contributed by atoms with Crippen molar-refractivity contribution in [2.75, 3.05) is 13.2 Å². The molecule has 6 nitrogen and oxygen atoms in total. The molecule has 0 aromatic rings. The van der Waals surface area contributed by atoms with Gasteiger partial charge in [-0.15, -0.1) is 0 Å². The lowest BCUT2D eigenvalue weighted by Gasteiger charge is -2.07. The van der Waals surface area contributed by atoms with Crippen LogP contribution in [-0.4, -0.2) is 36.2 Å². The molecule has 0 aliphatic heterocycles. The molecule has 1 unspecified atom stereocenters. The van der Waals surface area contributed by atoms with Gasteiger partial charge in [-0.2, -0.15) is 0 Å². The number of carbonyl (C=O) groups is 3. The normalized spacial score (nSPS) is 11.4. The lowest BCUT2D eigenvalue weighted by atomic mass is 10.1. The number of hydrogen-bond donors (Lipinski definition) is 1. The molecule has 0 saturated heterocycles. The molecule has 0 fully saturated rings. The zero-order valence-electron chi connectivity index (χ0n) is 9.68. The van der Waals surface area contributed by atoms with Gasteiger partial charge in [-0.25, -0.2) is 4.79 Å². The van der Waals surface area contributed by atoms with Gasteiger partial charge in [-0.05, 0) is 0 Å². The minimum Gasteiger partial charge on any atom is -0.481 e. The Morgan fingerprint density at radius 2 is 1.88 bits per heavy atom. The third-order valence-corrected chi connectivity index (χ3v) is 1.86. The zero-order valence-corrected chi connectivity index (χ0v) is 9.68. The topological polar surface area (TPSA) is 89.9 Å². The quantitative estimate of drug-likeness (QED) is 0.385. The Morgan fingerprint density at radius 1 is 1.29 bits per heavy atom. The summed E-state index contributed by atoms with van der Waals surface area (Å²) in [5.41, 5.74) is 0. The van der Waals surface area contributed by atoms with Crippen molar-refractivity contribution in [1.29, 1.82) is 0 Å². The Labute approximate surface area is 99.2 Å². The number of carboxylic acid groups (broad SMARTS) is 1. The maximum absolute atomic E-state index is 11.1. The first kappa shape index (κ1) is 15.2. The maximum Gasteiger partial charge on any atom is 0.330 e. The highest BCUT2D eigenvalue weighted by atomic mass is 16.5. The van der Waals surface area contributed by atoms with Crippen LogP contribution in [0, 0.1) is 5.92 Å². The molecule has 17 heavy (non-hydrogen) atoms. The Bertz CT molecular complexity index is 296. The van der Waals surface area contributed by atoms with Gasteiger partial charge in [0.25, 0.3) is 0 Å². The van der Waals surface area contributed by atoms with Gasteiger partial charge in [0.2, 0.25) is 0 Å². The molecular weight excluding hydrogens is 228 g/mol. The lowest BCUT2D eigenvalue weighted by Crippen LogP contribution is -2.17. The Kier molecular flexibility index (Phi) is 7.41. The summed E-state index contributed by atoms with van der Waals surface area (Å²) < 4.78 is 9.41. The second-order valence-corrected chi connectivity index (χ2v) is 3.39. The SMILES string of the molecule is C=CC(=O)OCCCOC(=O)CC(C)C(=O)O. The molecule has 0 bridgehead atoms. The van der Waals surface area contributed by atoms with Gasteiger partial charge in [-0.3, -0.25) is 9.59 Å². The molecular formula is C11H16O6. The van der Waals surface area contributed by atoms with Crippen molar-refractivity contribution in [3.63, 3.8) is 0 Å². The summed E-state index contributed by atoms with van der Waals surface area (Å²) in [5, 5.41) is 8.55. The monoisotopic (exact) mass is 244 g/mol. The van der Waals surface area contributed by atoms with Crippen LogP contribution < -0.4 is 0 Å². The smallest absolute Gasteiger partial charge is 0.330 e. The average Bonchev–Trinajstić information content (AvgIpc) is 2.27. The van der Waals surface area contributed by atoms with Gasteiger partial charge in [0.1, 0.15) is 0 Å². The summed E-state index contributed by atoms with van der Waals surface area (Å²) in [6.07, 6.45) is 1.25. The van der Waals surface area contributed by atoms with Gasteiger partial charge >= 0.3 is 17.9 Å². The highest BCUT2D eigenvalue weighted by molar-refractivity contribution is 5.81. The van der Waals surface area contributed by atoms with Crippen LogP contribution in [0.1, 0.15) is 19.8 Å². The molecule has 1 N–H and O–H groups in total. The van der Waals surface area contributed by atoms with Gasteiger partial charge < -0.3 is 14.6 Å². The van der Waals surface area contributed by atoms with Crippen molar-refractivity contribution >= 4 is 17.9 Å². The first-order valence-corrected chi connectivity index (χ1v) is 5.15. The predicted octanol–water partition coefficient (Wildman–Crippen LogP) is 0.760. The molecule has 0 aromatic heterocycles. The molecule has 0 saturated carbocycles. The number of aliphatic carboxylic acids is 1. The molecule has 0 aromatic carbocycles. The summed E-state index contributed by atoms with van der Waals surface area (Å²) in [4.78, 5) is 32.2. The summed E-state index contributed by atoms with van der Waals surface area (Å²) in [6, 6.07) is 0. The van der Waals surface area contributed by atoms with Gasteiger partial charge in [0, 0.05) is 12.5 Å². The highest BCUT2D eigenvalue weighted by Crippen LogP contribution is 2.03. The Morgan fingerprint density at radius 3 is 2.41 bits per heavy atom. The van der Waals surface area contributed by atoms with E-state index >= 15 is 0 Å². The van der Waals surface area contributed by atoms with Crippen LogP contribution in [0.3, 0.4) is 0 Å². The van der Waals surface area contributed by atoms with Gasteiger partial charge in [-0.1, -0.05) is 13.5 Å². The lowest BCUT2D eigenvalue weighted by molar-refractivity contribution is -0.151. The van der Waals surface area contributed by atoms with Crippen molar-refractivity contribution in [2.45, 2.75) is 19.8 Å². The van der Waals surface area contributed by atoms with E-state index in [1.165, 1.54) is 6.92 Å². The molecule has 96 valence electrons. The fourth-order valence-corrected chi connectivity index (χ4v) is 0.873. The van der Waals surface area contributed by atoms with Crippen molar-refractivity contribution < 1.29 is 29.0 Å². The largest absolute Gasteiger partial charge is 0.481 e. The highest BCUT2D eigenvalue weighted by Gasteiger charge is 2.16. The van der Waals surface area contributed by atoms with E-state index < -0.39 is 23.8 Å². The number of hydrogen-bond acceptors (Lipinski definition) is 5. The van der Waals surface area contributed by atoms with Crippen LogP contribution in [0.4, 0.5) is 0 Å². The minimum absolute atomic E-state index is 0.0929. The summed E-state index contributed by atoms with van der Waals surface area (Å²) in [7, 11) is 0. The van der Waals surface area contributed by atoms with Crippen LogP contribution in [0.2, 0.25) is 0 Å². The number of ether oxygens (including phenoxy) is 2. The number of esters is 2. The van der Waals surface area contributed by atoms with Crippen LogP contribution in [-0.2, 0) is 23.9 Å². The number of rotatable bonds is 8. The predicted molar refractivity (Wildman–Crippen MR) is 58.1 cm³/mol. The van der Waals surface area contributed by atoms with Crippen molar-refractivity contribution in [3.05, 3.63) is 12.7 Å². The van der Waals surface area contributed by atoms with E-state index in [9.17, 15) is 14.4 Å². The third-order valence-electron chi connectivity index (χ3n) is 1.86. The van der Waals surface area contributed by atoms with Crippen molar-refractivity contribution in [1.82, 2.24) is 0 Å². The first-order valence-electron chi connectivity index (χ1n) is 5.15. The number of carboxylic acids is 1. The molecule has 0 aliphatic rings. The molecule has 0 rings (SSSR count). The summed E-state index contributed by atoms with van der Waals surface area (Å²) >= 11 is 0. The van der Waals surface area contributed by atoms with E-state index in [0.29, 0.717) is 6.42 Å². The molecule has 0 amide bonds. The van der Waals surface area contributed by atoms with E-state index in [1.54, 1.807) is 0 Å². The van der Waals surface area contributed by atoms with Crippen LogP contribution in [0.25, 0.3) is 0 Å². The maximum atomic E-state index is 11.1. The minimum atomic E-state index is -1.04. The first-order chi connectivity index (χ1) is 7.97. The zero-order chi connectivity index (χ0) is 13.3. The molecule has 0 heterocycles. The van der Waals surface area contributed by atoms with E-state index in [4.69, 9.17) is 9.84 Å². The van der Waals surface area contributed by atoms with Crippen LogP contribution in [0.15, 0.2) is 12.7 Å². The van der Waals surface area contributed by atoms with Gasteiger partial charge in [0.05, 0.1) is 25.6 Å². The van der Waals surface area contributed by atoms with E-state index in [0.717, 1.165) is 6.08 Å². The number of carbonyl (C=O) groups excluding carboxylic acids is 2. The second kappa shape index (κ2) is 8.32. The van der Waals surface area contributed by atoms with Crippen molar-refractivity contribution in [2.24, 2.45) is 5.92 Å². The van der Waals surface area contributed by atoms with Crippen molar-refractivity contribution in [3.8, 4) is 0 Å². The average molecular weight is 244 g/mol. The summed E-state index contributed by atoms with van der Waals surface area (Å²) in [5.74, 6) is -2.91. The van der Waals surface area contributed by atoms with E-state index in [-0.39, 0.29) is 19.6 Å². The third kappa shape index (κ3) is 8.01. The van der Waals surface area contributed by atoms with Crippen LogP contribution >= 0.6 is 0 Å². The van der Waals surface area contributed by atoms with E-state index in [1.807, 2.05) is 0 Å². The molecule has 6 heteroatoms. The van der Waals surface area contributed by atoms with Gasteiger partial charge in [0.15, 0.2) is 0 Å². The standard InChI is InChI=1S/C11H16O6/c1-3-9(12)16-5-4-6-17-10(13)7-8(2)11(14)15/h3,8H,1,4-7H2,2H3,(H,14,15). The molecule has 0 spiro atoms. The fourth-order valence-electron chi connectivity index (χ4n) is 0.873. The Hall–Kier alpha value is -1.85. The second-order valence-electron chi connectivity index (χ2n) is 3.39. The van der Waals surface area contributed by atoms with Crippen LogP contribution in [0.5, 0.6) is 0 Å². The Balaban J connectivity index is 3.55. The molecule has 0 radical (unpaired) electrons. The fraction of sp³-hybridized carbons (Fsp3) is 0.545. The molecule has 1 atom stereocenters.